The molecule has 6 nitrogen and oxygen atoms in total. The number of fused-ring (bicyclic) bond motifs is 3. The Morgan fingerprint density at radius 2 is 2.29 bits per heavy atom. The van der Waals surface area contributed by atoms with Crippen LogP contribution in [-0.4, -0.2) is 33.4 Å². The molecule has 2 aromatic rings. The minimum atomic E-state index is -0.250. The van der Waals surface area contributed by atoms with Crippen molar-refractivity contribution < 1.29 is 9.84 Å². The molecule has 0 saturated carbocycles. The summed E-state index contributed by atoms with van der Waals surface area (Å²) in [6.07, 6.45) is 0.725. The fourth-order valence-electron chi connectivity index (χ4n) is 2.60. The number of hydrogen-bond acceptors (Lipinski definition) is 6. The van der Waals surface area contributed by atoms with E-state index in [1.54, 1.807) is 7.05 Å². The summed E-state index contributed by atoms with van der Waals surface area (Å²) >= 11 is 1.52. The number of nitrogens with one attached hydrogen (secondary N) is 1. The van der Waals surface area contributed by atoms with Crippen LogP contribution in [0, 0.1) is 0 Å². The van der Waals surface area contributed by atoms with Crippen molar-refractivity contribution in [3.8, 4) is 0 Å². The van der Waals surface area contributed by atoms with E-state index in [-0.39, 0.29) is 17.8 Å². The van der Waals surface area contributed by atoms with E-state index in [0.717, 1.165) is 21.7 Å². The second-order valence-electron chi connectivity index (χ2n) is 5.86. The van der Waals surface area contributed by atoms with Gasteiger partial charge in [-0.15, -0.1) is 11.3 Å². The monoisotopic (exact) mass is 309 g/mol. The summed E-state index contributed by atoms with van der Waals surface area (Å²) in [5, 5.41) is 12.6. The van der Waals surface area contributed by atoms with Crippen molar-refractivity contribution in [2.24, 2.45) is 7.05 Å². The van der Waals surface area contributed by atoms with Crippen LogP contribution in [-0.2, 0) is 24.8 Å². The molecule has 1 aliphatic heterocycles. The molecular formula is C14H19N3O3S. The Morgan fingerprint density at radius 1 is 1.52 bits per heavy atom. The quantitative estimate of drug-likeness (QED) is 0.892. The lowest BCUT2D eigenvalue weighted by Crippen LogP contribution is -2.32. The van der Waals surface area contributed by atoms with Crippen LogP contribution in [0.2, 0.25) is 0 Å². The van der Waals surface area contributed by atoms with E-state index in [9.17, 15) is 4.79 Å². The minimum Gasteiger partial charge on any atom is -0.395 e. The molecule has 0 bridgehead atoms. The van der Waals surface area contributed by atoms with Gasteiger partial charge in [-0.1, -0.05) is 0 Å². The number of thiophene rings is 1. The number of hydrogen-bond donors (Lipinski definition) is 2. The third-order valence-corrected chi connectivity index (χ3v) is 4.81. The van der Waals surface area contributed by atoms with Gasteiger partial charge in [0.25, 0.3) is 5.56 Å². The van der Waals surface area contributed by atoms with Crippen LogP contribution in [0.25, 0.3) is 10.2 Å². The molecule has 7 heteroatoms. The van der Waals surface area contributed by atoms with Crippen molar-refractivity contribution in [2.75, 3.05) is 18.5 Å². The van der Waals surface area contributed by atoms with Crippen molar-refractivity contribution in [2.45, 2.75) is 32.5 Å². The Kier molecular flexibility index (Phi) is 3.51. The van der Waals surface area contributed by atoms with E-state index in [1.165, 1.54) is 15.9 Å². The second kappa shape index (κ2) is 5.08. The van der Waals surface area contributed by atoms with Crippen molar-refractivity contribution in [1.82, 2.24) is 9.55 Å². The molecule has 3 rings (SSSR count). The van der Waals surface area contributed by atoms with E-state index in [1.807, 2.05) is 13.8 Å². The van der Waals surface area contributed by atoms with Crippen LogP contribution in [0.1, 0.15) is 24.3 Å². The van der Waals surface area contributed by atoms with Crippen LogP contribution >= 0.6 is 11.3 Å². The summed E-state index contributed by atoms with van der Waals surface area (Å²) in [6.45, 7) is 4.97. The molecule has 0 aliphatic carbocycles. The smallest absolute Gasteiger partial charge is 0.263 e. The normalized spacial score (nSPS) is 17.0. The summed E-state index contributed by atoms with van der Waals surface area (Å²) in [6, 6.07) is 0. The lowest BCUT2D eigenvalue weighted by Gasteiger charge is -2.29. The predicted octanol–water partition coefficient (Wildman–Crippen LogP) is 1.25. The van der Waals surface area contributed by atoms with Gasteiger partial charge in [0.15, 0.2) is 0 Å². The number of aliphatic hydroxyl groups excluding tert-OH is 1. The second-order valence-corrected chi connectivity index (χ2v) is 6.94. The summed E-state index contributed by atoms with van der Waals surface area (Å²) in [7, 11) is 1.70. The van der Waals surface area contributed by atoms with Gasteiger partial charge < -0.3 is 15.2 Å². The van der Waals surface area contributed by atoms with Gasteiger partial charge in [-0.05, 0) is 19.4 Å². The van der Waals surface area contributed by atoms with Gasteiger partial charge in [0.2, 0.25) is 5.95 Å². The summed E-state index contributed by atoms with van der Waals surface area (Å²) in [4.78, 5) is 19.0. The lowest BCUT2D eigenvalue weighted by atomic mass is 9.94. The first-order valence-electron chi connectivity index (χ1n) is 6.93. The third kappa shape index (κ3) is 2.45. The molecular weight excluding hydrogens is 290 g/mol. The van der Waals surface area contributed by atoms with Crippen molar-refractivity contribution in [3.05, 3.63) is 20.8 Å². The van der Waals surface area contributed by atoms with Crippen LogP contribution in [0.4, 0.5) is 5.95 Å². The maximum absolute atomic E-state index is 12.6. The summed E-state index contributed by atoms with van der Waals surface area (Å²) in [5.74, 6) is 0.486. The fraction of sp³-hybridized carbons (Fsp3) is 0.571. The van der Waals surface area contributed by atoms with E-state index in [2.05, 4.69) is 10.3 Å². The Bertz CT molecular complexity index is 748. The van der Waals surface area contributed by atoms with Gasteiger partial charge in [-0.3, -0.25) is 9.36 Å². The molecule has 2 aromatic heterocycles. The first-order chi connectivity index (χ1) is 9.93. The zero-order chi connectivity index (χ0) is 15.2. The Labute approximate surface area is 126 Å². The zero-order valence-corrected chi connectivity index (χ0v) is 13.2. The molecule has 2 N–H and O–H groups in total. The number of rotatable bonds is 3. The number of nitrogens with zero attached hydrogens (tertiary/aromatic N) is 2. The van der Waals surface area contributed by atoms with Gasteiger partial charge in [-0.25, -0.2) is 4.98 Å². The average molecular weight is 309 g/mol. The molecule has 0 atom stereocenters. The van der Waals surface area contributed by atoms with Gasteiger partial charge in [0.05, 0.1) is 24.2 Å². The van der Waals surface area contributed by atoms with Gasteiger partial charge in [0, 0.05) is 24.9 Å². The highest BCUT2D eigenvalue weighted by Gasteiger charge is 2.30. The third-order valence-electron chi connectivity index (χ3n) is 3.71. The molecule has 21 heavy (non-hydrogen) atoms. The topological polar surface area (TPSA) is 76.4 Å². The maximum Gasteiger partial charge on any atom is 0.263 e. The SMILES string of the molecule is Cn1c(NCCO)nc2sc3c(c2c1=O)CC(C)(C)OC3. The highest BCUT2D eigenvalue weighted by Crippen LogP contribution is 2.37. The van der Waals surface area contributed by atoms with Crippen molar-refractivity contribution in [1.29, 1.82) is 0 Å². The Morgan fingerprint density at radius 3 is 3.00 bits per heavy atom. The molecule has 3 heterocycles. The van der Waals surface area contributed by atoms with E-state index in [0.29, 0.717) is 24.5 Å². The predicted molar refractivity (Wildman–Crippen MR) is 83.0 cm³/mol. The largest absolute Gasteiger partial charge is 0.395 e. The van der Waals surface area contributed by atoms with Gasteiger partial charge >= 0.3 is 0 Å². The van der Waals surface area contributed by atoms with Crippen LogP contribution in [0.3, 0.4) is 0 Å². The van der Waals surface area contributed by atoms with E-state index in [4.69, 9.17) is 9.84 Å². The van der Waals surface area contributed by atoms with E-state index >= 15 is 0 Å². The molecule has 0 amide bonds. The summed E-state index contributed by atoms with van der Waals surface area (Å²) < 4.78 is 7.32. The Balaban J connectivity index is 2.17. The average Bonchev–Trinajstić information content (AvgIpc) is 2.77. The van der Waals surface area contributed by atoms with Crippen molar-refractivity contribution >= 4 is 27.5 Å². The van der Waals surface area contributed by atoms with Gasteiger partial charge in [-0.2, -0.15) is 0 Å². The molecule has 114 valence electrons. The highest BCUT2D eigenvalue weighted by atomic mass is 32.1. The highest BCUT2D eigenvalue weighted by molar-refractivity contribution is 7.18. The first kappa shape index (κ1) is 14.5. The standard InChI is InChI=1S/C14H19N3O3S/c1-14(2)6-8-9(7-20-14)21-11-10(8)12(19)17(3)13(16-11)15-4-5-18/h18H,4-7H2,1-3H3,(H,15,16). The minimum absolute atomic E-state index is 0.00310. The first-order valence-corrected chi connectivity index (χ1v) is 7.74. The molecule has 0 radical (unpaired) electrons. The Hall–Kier alpha value is -1.44. The number of aromatic nitrogens is 2. The van der Waals surface area contributed by atoms with Crippen molar-refractivity contribution in [3.63, 3.8) is 0 Å². The zero-order valence-electron chi connectivity index (χ0n) is 12.4. The number of aliphatic hydroxyl groups is 1. The number of anilines is 1. The molecule has 0 spiro atoms. The molecule has 0 unspecified atom stereocenters. The van der Waals surface area contributed by atoms with E-state index < -0.39 is 0 Å². The van der Waals surface area contributed by atoms with Crippen LogP contribution < -0.4 is 10.9 Å². The van der Waals surface area contributed by atoms with Crippen LogP contribution in [0.15, 0.2) is 4.79 Å². The molecule has 1 aliphatic rings. The molecule has 0 fully saturated rings. The molecule has 0 aromatic carbocycles. The lowest BCUT2D eigenvalue weighted by molar-refractivity contribution is -0.0379. The maximum atomic E-state index is 12.6. The van der Waals surface area contributed by atoms with Gasteiger partial charge in [0.1, 0.15) is 4.83 Å². The van der Waals surface area contributed by atoms with Crippen LogP contribution in [0.5, 0.6) is 0 Å². The number of ether oxygens (including phenoxy) is 1. The molecule has 0 saturated heterocycles. The fourth-order valence-corrected chi connectivity index (χ4v) is 3.69. The summed E-state index contributed by atoms with van der Waals surface area (Å²) in [5.41, 5.74) is 0.781.